The average molecular weight is 475 g/mol. The summed E-state index contributed by atoms with van der Waals surface area (Å²) in [5.41, 5.74) is 0.473. The molecule has 0 atom stereocenters. The van der Waals surface area contributed by atoms with Gasteiger partial charge in [-0.15, -0.1) is 24.8 Å². The molecule has 0 fully saturated rings. The Bertz CT molecular complexity index is 729. The van der Waals surface area contributed by atoms with Gasteiger partial charge in [-0.2, -0.15) is 0 Å². The highest BCUT2D eigenvalue weighted by Gasteiger charge is 2.24. The van der Waals surface area contributed by atoms with Crippen molar-refractivity contribution in [3.8, 4) is 0 Å². The molecule has 0 aliphatic carbocycles. The summed E-state index contributed by atoms with van der Waals surface area (Å²) in [7, 11) is 0. The fraction of sp³-hybridized carbons (Fsp3) is 0.222. The highest BCUT2D eigenvalue weighted by molar-refractivity contribution is 6.67. The first kappa shape index (κ1) is 28.2. The number of hydrogen-bond donors (Lipinski definition) is 1. The zero-order valence-corrected chi connectivity index (χ0v) is 18.8. The van der Waals surface area contributed by atoms with Crippen LogP contribution >= 0.6 is 59.6 Å². The van der Waals surface area contributed by atoms with E-state index in [1.165, 1.54) is 0 Å². The Morgan fingerprint density at radius 1 is 0.889 bits per heavy atom. The molecular weight excluding hydrogens is 453 g/mol. The van der Waals surface area contributed by atoms with Gasteiger partial charge in [-0.05, 0) is 50.6 Å². The van der Waals surface area contributed by atoms with Crippen molar-refractivity contribution in [3.63, 3.8) is 0 Å². The smallest absolute Gasteiger partial charge is 0.268 e. The van der Waals surface area contributed by atoms with Crippen LogP contribution in [0.15, 0.2) is 48.5 Å². The SMILES string of the molecule is CC(C)(C)N(N)C(=O)c1cc(Cl)cc(Cl)c1.Cl.Cl.O=C(Cl)c1ccccc1. The molecule has 0 aliphatic rings. The lowest BCUT2D eigenvalue weighted by Crippen LogP contribution is -2.50. The van der Waals surface area contributed by atoms with Crippen molar-refractivity contribution in [3.05, 3.63) is 69.7 Å². The van der Waals surface area contributed by atoms with Crippen molar-refractivity contribution >= 4 is 70.8 Å². The maximum Gasteiger partial charge on any atom is 0.268 e. The van der Waals surface area contributed by atoms with Crippen LogP contribution in [0.4, 0.5) is 0 Å². The number of benzene rings is 2. The van der Waals surface area contributed by atoms with Crippen molar-refractivity contribution in [2.75, 3.05) is 0 Å². The standard InChI is InChI=1S/C11H14Cl2N2O.C7H5ClO.2ClH/c1-11(2,3)15(14)10(16)7-4-8(12)6-9(13)5-7;8-7(9)6-4-2-1-3-5-6;;/h4-6H,14H2,1-3H3;1-5H;2*1H. The topological polar surface area (TPSA) is 63.4 Å². The number of nitrogens with zero attached hydrogens (tertiary/aromatic N) is 1. The van der Waals surface area contributed by atoms with Crippen LogP contribution in [0.2, 0.25) is 10.0 Å². The van der Waals surface area contributed by atoms with E-state index in [2.05, 4.69) is 0 Å². The highest BCUT2D eigenvalue weighted by Crippen LogP contribution is 2.21. The monoisotopic (exact) mass is 472 g/mol. The molecule has 0 spiro atoms. The number of amides is 1. The van der Waals surface area contributed by atoms with Gasteiger partial charge in [0.05, 0.1) is 5.54 Å². The zero-order valence-electron chi connectivity index (χ0n) is 14.9. The molecule has 0 unspecified atom stereocenters. The molecule has 27 heavy (non-hydrogen) atoms. The van der Waals surface area contributed by atoms with Gasteiger partial charge in [0.2, 0.25) is 0 Å². The summed E-state index contributed by atoms with van der Waals surface area (Å²) in [6.07, 6.45) is 0. The maximum absolute atomic E-state index is 12.0. The first-order valence-corrected chi connectivity index (χ1v) is 8.46. The largest absolute Gasteiger partial charge is 0.276 e. The van der Waals surface area contributed by atoms with Crippen molar-refractivity contribution in [2.45, 2.75) is 26.3 Å². The minimum atomic E-state index is -0.453. The molecule has 2 aromatic carbocycles. The summed E-state index contributed by atoms with van der Waals surface area (Å²) in [6.45, 7) is 5.53. The van der Waals surface area contributed by atoms with Crippen molar-refractivity contribution in [1.29, 1.82) is 0 Å². The lowest BCUT2D eigenvalue weighted by atomic mass is 10.1. The number of carbonyl (C=O) groups excluding carboxylic acids is 2. The van der Waals surface area contributed by atoms with Crippen LogP contribution in [-0.2, 0) is 0 Å². The molecule has 0 saturated carbocycles. The molecule has 2 rings (SSSR count). The molecule has 0 heterocycles. The van der Waals surface area contributed by atoms with E-state index in [0.29, 0.717) is 21.2 Å². The van der Waals surface area contributed by atoms with E-state index in [0.717, 1.165) is 5.01 Å². The van der Waals surface area contributed by atoms with E-state index in [1.54, 1.807) is 42.5 Å². The molecule has 0 saturated heterocycles. The fourth-order valence-electron chi connectivity index (χ4n) is 1.69. The van der Waals surface area contributed by atoms with E-state index in [1.807, 2.05) is 26.8 Å². The van der Waals surface area contributed by atoms with E-state index in [4.69, 9.17) is 40.6 Å². The number of halogens is 5. The quantitative estimate of drug-likeness (QED) is 0.251. The van der Waals surface area contributed by atoms with Gasteiger partial charge in [-0.3, -0.25) is 14.6 Å². The van der Waals surface area contributed by atoms with E-state index >= 15 is 0 Å². The Labute approximate surface area is 186 Å². The summed E-state index contributed by atoms with van der Waals surface area (Å²) in [4.78, 5) is 22.4. The van der Waals surface area contributed by atoms with Crippen LogP contribution in [0.1, 0.15) is 41.5 Å². The van der Waals surface area contributed by atoms with Crippen molar-refractivity contribution in [2.24, 2.45) is 5.84 Å². The second-order valence-corrected chi connectivity index (χ2v) is 7.36. The first-order valence-electron chi connectivity index (χ1n) is 7.32. The highest BCUT2D eigenvalue weighted by atomic mass is 35.5. The molecule has 0 radical (unpaired) electrons. The van der Waals surface area contributed by atoms with Crippen LogP contribution < -0.4 is 5.84 Å². The van der Waals surface area contributed by atoms with Crippen molar-refractivity contribution < 1.29 is 9.59 Å². The Hall–Kier alpha value is -1.01. The third kappa shape index (κ3) is 9.65. The summed E-state index contributed by atoms with van der Waals surface area (Å²) in [6, 6.07) is 13.4. The van der Waals surface area contributed by atoms with Gasteiger partial charge in [0, 0.05) is 21.2 Å². The molecule has 1 amide bonds. The summed E-state index contributed by atoms with van der Waals surface area (Å²) < 4.78 is 0. The summed E-state index contributed by atoms with van der Waals surface area (Å²) >= 11 is 16.8. The molecule has 150 valence electrons. The van der Waals surface area contributed by atoms with E-state index in [9.17, 15) is 9.59 Å². The lowest BCUT2D eigenvalue weighted by Gasteiger charge is -2.31. The number of hydrazine groups is 1. The average Bonchev–Trinajstić information content (AvgIpc) is 2.53. The zero-order chi connectivity index (χ0) is 19.2. The van der Waals surface area contributed by atoms with Gasteiger partial charge in [-0.25, -0.2) is 5.84 Å². The van der Waals surface area contributed by atoms with Gasteiger partial charge < -0.3 is 0 Å². The van der Waals surface area contributed by atoms with E-state index < -0.39 is 10.8 Å². The third-order valence-electron chi connectivity index (χ3n) is 3.05. The number of carbonyl (C=O) groups is 2. The summed E-state index contributed by atoms with van der Waals surface area (Å²) in [5.74, 6) is 5.42. The van der Waals surface area contributed by atoms with Gasteiger partial charge in [-0.1, -0.05) is 53.5 Å². The number of nitrogens with two attached hydrogens (primary N) is 1. The molecule has 2 N–H and O–H groups in total. The molecular formula is C18H21Cl5N2O2. The predicted octanol–water partition coefficient (Wildman–Crippen LogP) is 6.02. The maximum atomic E-state index is 12.0. The van der Waals surface area contributed by atoms with Gasteiger partial charge in [0.15, 0.2) is 0 Å². The molecule has 0 aliphatic heterocycles. The number of rotatable bonds is 2. The fourth-order valence-corrected chi connectivity index (χ4v) is 2.34. The van der Waals surface area contributed by atoms with Gasteiger partial charge in [0.1, 0.15) is 0 Å². The van der Waals surface area contributed by atoms with Crippen LogP contribution in [0.3, 0.4) is 0 Å². The number of hydrogen-bond acceptors (Lipinski definition) is 3. The van der Waals surface area contributed by atoms with Crippen LogP contribution in [0, 0.1) is 0 Å². The normalized spacial score (nSPS) is 9.74. The van der Waals surface area contributed by atoms with Crippen LogP contribution in [0.25, 0.3) is 0 Å². The molecule has 2 aromatic rings. The first-order chi connectivity index (χ1) is 11.5. The second-order valence-electron chi connectivity index (χ2n) is 6.14. The Kier molecular flexibility index (Phi) is 13.0. The van der Waals surface area contributed by atoms with Gasteiger partial charge in [0.25, 0.3) is 11.1 Å². The Morgan fingerprint density at radius 3 is 1.67 bits per heavy atom. The molecule has 4 nitrogen and oxygen atoms in total. The van der Waals surface area contributed by atoms with Gasteiger partial charge >= 0.3 is 0 Å². The predicted molar refractivity (Wildman–Crippen MR) is 118 cm³/mol. The molecule has 0 aromatic heterocycles. The van der Waals surface area contributed by atoms with Crippen molar-refractivity contribution in [1.82, 2.24) is 5.01 Å². The third-order valence-corrected chi connectivity index (χ3v) is 3.71. The second kappa shape index (κ2) is 12.4. The molecule has 9 heteroatoms. The Morgan fingerprint density at radius 2 is 1.33 bits per heavy atom. The van der Waals surface area contributed by atoms with E-state index in [-0.39, 0.29) is 30.7 Å². The van der Waals surface area contributed by atoms with Crippen LogP contribution in [-0.4, -0.2) is 21.7 Å². The lowest BCUT2D eigenvalue weighted by molar-refractivity contribution is 0.0581. The minimum absolute atomic E-state index is 0. The minimum Gasteiger partial charge on any atom is -0.276 e. The molecule has 0 bridgehead atoms. The van der Waals surface area contributed by atoms with Crippen LogP contribution in [0.5, 0.6) is 0 Å². The Balaban J connectivity index is 0. The summed E-state index contributed by atoms with van der Waals surface area (Å²) in [5, 5.41) is 1.58.